The summed E-state index contributed by atoms with van der Waals surface area (Å²) < 4.78 is 1.86. The van der Waals surface area contributed by atoms with Crippen molar-refractivity contribution in [1.29, 1.82) is 0 Å². The second kappa shape index (κ2) is 5.76. The summed E-state index contributed by atoms with van der Waals surface area (Å²) in [7, 11) is 0. The molecule has 2 aromatic heterocycles. The number of H-pyrrole nitrogens is 2. The van der Waals surface area contributed by atoms with Gasteiger partial charge in [0.05, 0.1) is 6.04 Å². The van der Waals surface area contributed by atoms with Crippen molar-refractivity contribution >= 4 is 10.9 Å². The molecule has 1 atom stereocenters. The van der Waals surface area contributed by atoms with E-state index in [4.69, 9.17) is 0 Å². The molecule has 0 saturated heterocycles. The summed E-state index contributed by atoms with van der Waals surface area (Å²) in [6.07, 6.45) is 8.03. The Labute approximate surface area is 135 Å². The molecule has 1 aliphatic rings. The summed E-state index contributed by atoms with van der Waals surface area (Å²) >= 11 is 0. The smallest absolute Gasteiger partial charge is 0.266 e. The lowest BCUT2D eigenvalue weighted by Crippen LogP contribution is -2.23. The molecule has 1 aliphatic carbocycles. The van der Waals surface area contributed by atoms with Gasteiger partial charge >= 0.3 is 0 Å². The van der Waals surface area contributed by atoms with Gasteiger partial charge in [0.1, 0.15) is 0 Å². The van der Waals surface area contributed by atoms with Gasteiger partial charge in [-0.05, 0) is 24.5 Å². The monoisotopic (exact) mass is 309 g/mol. The molecule has 0 aliphatic heterocycles. The first-order chi connectivity index (χ1) is 11.2. The largest absolute Gasteiger partial charge is 0.361 e. The van der Waals surface area contributed by atoms with Crippen molar-refractivity contribution in [3.05, 3.63) is 58.1 Å². The van der Waals surface area contributed by atoms with Crippen LogP contribution in [0.25, 0.3) is 10.9 Å². The lowest BCUT2D eigenvalue weighted by atomic mass is 9.96. The Kier molecular flexibility index (Phi) is 3.60. The molecule has 1 fully saturated rings. The summed E-state index contributed by atoms with van der Waals surface area (Å²) in [5.74, 6) is 0.170. The van der Waals surface area contributed by atoms with Gasteiger partial charge in [-0.2, -0.15) is 0 Å². The van der Waals surface area contributed by atoms with Crippen LogP contribution < -0.4 is 5.56 Å². The highest BCUT2D eigenvalue weighted by Gasteiger charge is 2.21. The molecule has 0 amide bonds. The molecule has 2 N–H and O–H groups in total. The molecule has 1 unspecified atom stereocenters. The van der Waals surface area contributed by atoms with Crippen molar-refractivity contribution in [1.82, 2.24) is 14.8 Å². The molecular weight excluding hydrogens is 286 g/mol. The third-order valence-corrected chi connectivity index (χ3v) is 5.26. The number of nitrogens with one attached hydrogen (secondary N) is 2. The molecule has 1 saturated carbocycles. The third-order valence-electron chi connectivity index (χ3n) is 5.26. The first-order valence-corrected chi connectivity index (χ1v) is 8.61. The van der Waals surface area contributed by atoms with E-state index in [0.717, 1.165) is 24.1 Å². The van der Waals surface area contributed by atoms with Crippen molar-refractivity contribution in [2.75, 3.05) is 0 Å². The summed E-state index contributed by atoms with van der Waals surface area (Å²) in [6, 6.07) is 10.4. The Balaban J connectivity index is 1.69. The van der Waals surface area contributed by atoms with Crippen molar-refractivity contribution < 1.29 is 0 Å². The van der Waals surface area contributed by atoms with E-state index >= 15 is 0 Å². The minimum atomic E-state index is 0.110. The lowest BCUT2D eigenvalue weighted by molar-refractivity contribution is 0.321. The maximum absolute atomic E-state index is 12.4. The highest BCUT2D eigenvalue weighted by molar-refractivity contribution is 5.83. The van der Waals surface area contributed by atoms with E-state index in [9.17, 15) is 4.79 Å². The summed E-state index contributed by atoms with van der Waals surface area (Å²) in [5.41, 5.74) is 3.49. The first kappa shape index (κ1) is 14.4. The van der Waals surface area contributed by atoms with Crippen molar-refractivity contribution in [3.8, 4) is 0 Å². The van der Waals surface area contributed by atoms with Gasteiger partial charge in [0.2, 0.25) is 0 Å². The van der Waals surface area contributed by atoms with Crippen LogP contribution >= 0.6 is 0 Å². The fourth-order valence-corrected chi connectivity index (χ4v) is 3.88. The molecule has 3 aromatic rings. The number of hydrogen-bond acceptors (Lipinski definition) is 1. The maximum Gasteiger partial charge on any atom is 0.266 e. The molecule has 120 valence electrons. The number of aromatic nitrogens is 3. The molecule has 0 radical (unpaired) electrons. The summed E-state index contributed by atoms with van der Waals surface area (Å²) in [6.45, 7) is 2.16. The van der Waals surface area contributed by atoms with Crippen molar-refractivity contribution in [2.24, 2.45) is 0 Å². The zero-order valence-electron chi connectivity index (χ0n) is 13.5. The number of benzene rings is 1. The Morgan fingerprint density at radius 1 is 1.17 bits per heavy atom. The molecular formula is C19H23N3O. The lowest BCUT2D eigenvalue weighted by Gasteiger charge is -2.22. The number of para-hydroxylation sites is 1. The number of fused-ring (bicyclic) bond motifs is 1. The van der Waals surface area contributed by atoms with E-state index in [1.807, 2.05) is 10.7 Å². The third kappa shape index (κ3) is 2.52. The minimum absolute atomic E-state index is 0.110. The molecule has 0 bridgehead atoms. The quantitative estimate of drug-likeness (QED) is 0.744. The molecule has 4 nitrogen and oxygen atoms in total. The molecule has 1 aromatic carbocycles. The van der Waals surface area contributed by atoms with Crippen LogP contribution in [-0.4, -0.2) is 14.8 Å². The van der Waals surface area contributed by atoms with Crippen molar-refractivity contribution in [3.63, 3.8) is 0 Å². The predicted molar refractivity (Wildman–Crippen MR) is 93.0 cm³/mol. The summed E-state index contributed by atoms with van der Waals surface area (Å²) in [4.78, 5) is 15.7. The van der Waals surface area contributed by atoms with E-state index in [0.29, 0.717) is 6.04 Å². The zero-order valence-corrected chi connectivity index (χ0v) is 13.5. The van der Waals surface area contributed by atoms with Crippen LogP contribution in [0, 0.1) is 0 Å². The zero-order chi connectivity index (χ0) is 15.8. The average Bonchev–Trinajstić information content (AvgIpc) is 3.19. The Morgan fingerprint density at radius 2 is 1.96 bits per heavy atom. The molecule has 4 rings (SSSR count). The van der Waals surface area contributed by atoms with Crippen molar-refractivity contribution in [2.45, 2.75) is 51.0 Å². The average molecular weight is 309 g/mol. The van der Waals surface area contributed by atoms with Gasteiger partial charge in [0, 0.05) is 34.8 Å². The molecule has 23 heavy (non-hydrogen) atoms. The van der Waals surface area contributed by atoms with E-state index < -0.39 is 0 Å². The van der Waals surface area contributed by atoms with Gasteiger partial charge in [-0.15, -0.1) is 0 Å². The number of aromatic amines is 2. The van der Waals surface area contributed by atoms with Crippen LogP contribution in [-0.2, 0) is 0 Å². The van der Waals surface area contributed by atoms with E-state index in [-0.39, 0.29) is 11.5 Å². The molecule has 2 heterocycles. The first-order valence-electron chi connectivity index (χ1n) is 8.61. The van der Waals surface area contributed by atoms with Gasteiger partial charge < -0.3 is 4.98 Å². The van der Waals surface area contributed by atoms with Crippen LogP contribution in [0.4, 0.5) is 0 Å². The number of hydrogen-bond donors (Lipinski definition) is 2. The topological polar surface area (TPSA) is 53.6 Å². The predicted octanol–water partition coefficient (Wildman–Crippen LogP) is 4.31. The highest BCUT2D eigenvalue weighted by atomic mass is 16.1. The van der Waals surface area contributed by atoms with Gasteiger partial charge in [-0.25, -0.2) is 4.68 Å². The Hall–Kier alpha value is -2.23. The number of nitrogens with zero attached hydrogens (tertiary/aromatic N) is 1. The van der Waals surface area contributed by atoms with E-state index in [1.165, 1.54) is 30.2 Å². The van der Waals surface area contributed by atoms with Gasteiger partial charge in [0.25, 0.3) is 5.56 Å². The van der Waals surface area contributed by atoms with Gasteiger partial charge in [-0.1, -0.05) is 44.4 Å². The maximum atomic E-state index is 12.4. The van der Waals surface area contributed by atoms with Crippen LogP contribution in [0.1, 0.15) is 62.2 Å². The van der Waals surface area contributed by atoms with Gasteiger partial charge in [0.15, 0.2) is 0 Å². The molecule has 0 spiro atoms. The SMILES string of the molecule is CC(c1cc(=O)n(C2CCCCC2)[nH]1)c1c[nH]c2ccccc12. The van der Waals surface area contributed by atoms with E-state index in [2.05, 4.69) is 41.4 Å². The summed E-state index contributed by atoms with van der Waals surface area (Å²) in [5, 5.41) is 4.62. The Morgan fingerprint density at radius 3 is 2.78 bits per heavy atom. The fraction of sp³-hybridized carbons (Fsp3) is 0.421. The number of rotatable bonds is 3. The second-order valence-electron chi connectivity index (χ2n) is 6.72. The normalized spacial score (nSPS) is 17.6. The van der Waals surface area contributed by atoms with Crippen LogP contribution in [0.5, 0.6) is 0 Å². The van der Waals surface area contributed by atoms with Crippen LogP contribution in [0.15, 0.2) is 41.3 Å². The highest BCUT2D eigenvalue weighted by Crippen LogP contribution is 2.30. The second-order valence-corrected chi connectivity index (χ2v) is 6.72. The minimum Gasteiger partial charge on any atom is -0.361 e. The van der Waals surface area contributed by atoms with Crippen LogP contribution in [0.2, 0.25) is 0 Å². The van der Waals surface area contributed by atoms with E-state index in [1.54, 1.807) is 6.07 Å². The van der Waals surface area contributed by atoms with Crippen LogP contribution in [0.3, 0.4) is 0 Å². The van der Waals surface area contributed by atoms with Gasteiger partial charge in [-0.3, -0.25) is 9.89 Å². The standard InChI is InChI=1S/C19H23N3O/c1-13(16-12-20-17-10-6-5-9-15(16)17)18-11-19(23)22(21-18)14-7-3-2-4-8-14/h5-6,9-14,20-21H,2-4,7-8H2,1H3. The molecule has 4 heteroatoms. The fourth-order valence-electron chi connectivity index (χ4n) is 3.88. The Bertz CT molecular complexity index is 864.